The van der Waals surface area contributed by atoms with Crippen molar-refractivity contribution in [2.75, 3.05) is 13.2 Å². The number of hydrogen-bond donors (Lipinski definition) is 1. The van der Waals surface area contributed by atoms with E-state index in [1.165, 1.54) is 0 Å². The van der Waals surface area contributed by atoms with Gasteiger partial charge in [-0.15, -0.1) is 0 Å². The molecule has 24 heavy (non-hydrogen) atoms. The van der Waals surface area contributed by atoms with Crippen LogP contribution in [-0.4, -0.2) is 30.6 Å². The van der Waals surface area contributed by atoms with Crippen LogP contribution in [0.4, 0.5) is 0 Å². The minimum atomic E-state index is -0.998. The minimum absolute atomic E-state index is 0.0715. The van der Waals surface area contributed by atoms with Gasteiger partial charge in [-0.1, -0.05) is 20.8 Å². The van der Waals surface area contributed by atoms with Gasteiger partial charge in [-0.3, -0.25) is 4.79 Å². The quantitative estimate of drug-likeness (QED) is 0.739. The number of hydrogen-bond acceptors (Lipinski definition) is 5. The van der Waals surface area contributed by atoms with E-state index in [1.807, 2.05) is 20.8 Å². The summed E-state index contributed by atoms with van der Waals surface area (Å²) in [5.41, 5.74) is -0.666. The Kier molecular flexibility index (Phi) is 7.25. The van der Waals surface area contributed by atoms with E-state index in [1.54, 1.807) is 31.2 Å². The molecule has 0 aliphatic rings. The lowest BCUT2D eigenvalue weighted by Crippen LogP contribution is -2.50. The molecule has 1 aromatic rings. The molecule has 0 unspecified atom stereocenters. The van der Waals surface area contributed by atoms with Crippen molar-refractivity contribution >= 4 is 11.9 Å². The van der Waals surface area contributed by atoms with Gasteiger partial charge in [0.25, 0.3) is 5.91 Å². The highest BCUT2D eigenvalue weighted by Gasteiger charge is 2.30. The lowest BCUT2D eigenvalue weighted by molar-refractivity contribution is -0.125. The van der Waals surface area contributed by atoms with Gasteiger partial charge in [0.15, 0.2) is 6.61 Å². The average molecular weight is 332 g/mol. The first kappa shape index (κ1) is 19.5. The van der Waals surface area contributed by atoms with Crippen molar-refractivity contribution in [2.45, 2.75) is 39.7 Å². The molecule has 0 spiro atoms. The van der Waals surface area contributed by atoms with E-state index in [0.29, 0.717) is 17.9 Å². The molecule has 0 saturated heterocycles. The number of nitriles is 1. The second-order valence-electron chi connectivity index (χ2n) is 5.97. The van der Waals surface area contributed by atoms with Crippen LogP contribution in [0.15, 0.2) is 24.3 Å². The lowest BCUT2D eigenvalue weighted by atomic mass is 9.90. The molecule has 0 aliphatic heterocycles. The highest BCUT2D eigenvalue weighted by molar-refractivity contribution is 5.91. The highest BCUT2D eigenvalue weighted by atomic mass is 16.5. The Hall–Kier alpha value is -2.55. The number of nitrogens with one attached hydrogen (secondary N) is 1. The molecule has 1 atom stereocenters. The van der Waals surface area contributed by atoms with Gasteiger partial charge in [0, 0.05) is 0 Å². The summed E-state index contributed by atoms with van der Waals surface area (Å²) < 4.78 is 10.4. The molecule has 1 amide bonds. The largest absolute Gasteiger partial charge is 0.494 e. The number of carbonyl (C=O) groups is 2. The van der Waals surface area contributed by atoms with E-state index in [9.17, 15) is 9.59 Å². The third-order valence-electron chi connectivity index (χ3n) is 3.68. The number of amides is 1. The predicted octanol–water partition coefficient (Wildman–Crippen LogP) is 2.69. The van der Waals surface area contributed by atoms with Gasteiger partial charge in [0.2, 0.25) is 0 Å². The number of esters is 1. The predicted molar refractivity (Wildman–Crippen MR) is 89.5 cm³/mol. The van der Waals surface area contributed by atoms with E-state index >= 15 is 0 Å². The molecule has 0 bridgehead atoms. The zero-order valence-electron chi connectivity index (χ0n) is 14.6. The van der Waals surface area contributed by atoms with Gasteiger partial charge < -0.3 is 14.8 Å². The van der Waals surface area contributed by atoms with Crippen LogP contribution >= 0.6 is 0 Å². The normalized spacial score (nSPS) is 12.8. The fraction of sp³-hybridized carbons (Fsp3) is 0.500. The van der Waals surface area contributed by atoms with E-state index in [4.69, 9.17) is 14.7 Å². The fourth-order valence-corrected chi connectivity index (χ4v) is 1.75. The summed E-state index contributed by atoms with van der Waals surface area (Å²) >= 11 is 0. The Labute approximate surface area is 142 Å². The maximum Gasteiger partial charge on any atom is 0.338 e. The molecular weight excluding hydrogens is 308 g/mol. The van der Waals surface area contributed by atoms with Gasteiger partial charge in [0.05, 0.1) is 18.2 Å². The molecular formula is C18H24N2O4. The Bertz CT molecular complexity index is 604. The monoisotopic (exact) mass is 332 g/mol. The van der Waals surface area contributed by atoms with E-state index < -0.39 is 24.0 Å². The molecule has 1 rings (SSSR count). The molecule has 1 aromatic carbocycles. The Morgan fingerprint density at radius 1 is 1.29 bits per heavy atom. The van der Waals surface area contributed by atoms with Crippen molar-refractivity contribution < 1.29 is 19.1 Å². The molecule has 0 aromatic heterocycles. The first-order valence-corrected chi connectivity index (χ1v) is 7.94. The van der Waals surface area contributed by atoms with Crippen LogP contribution in [0.1, 0.15) is 44.5 Å². The lowest BCUT2D eigenvalue weighted by Gasteiger charge is -2.27. The van der Waals surface area contributed by atoms with Crippen molar-refractivity contribution in [1.82, 2.24) is 5.32 Å². The van der Waals surface area contributed by atoms with E-state index in [-0.39, 0.29) is 5.92 Å². The van der Waals surface area contributed by atoms with E-state index in [2.05, 4.69) is 11.4 Å². The van der Waals surface area contributed by atoms with Gasteiger partial charge in [-0.2, -0.15) is 5.26 Å². The maximum atomic E-state index is 11.9. The summed E-state index contributed by atoms with van der Waals surface area (Å²) in [4.78, 5) is 23.8. The van der Waals surface area contributed by atoms with Crippen molar-refractivity contribution in [2.24, 2.45) is 5.92 Å². The van der Waals surface area contributed by atoms with Gasteiger partial charge >= 0.3 is 5.97 Å². The van der Waals surface area contributed by atoms with Crippen LogP contribution in [0.25, 0.3) is 0 Å². The number of ether oxygens (including phenoxy) is 2. The van der Waals surface area contributed by atoms with Crippen LogP contribution in [0.5, 0.6) is 5.75 Å². The van der Waals surface area contributed by atoms with Crippen LogP contribution < -0.4 is 10.1 Å². The fourth-order valence-electron chi connectivity index (χ4n) is 1.75. The molecule has 6 nitrogen and oxygen atoms in total. The van der Waals surface area contributed by atoms with E-state index in [0.717, 1.165) is 6.42 Å². The zero-order chi connectivity index (χ0) is 18.2. The summed E-state index contributed by atoms with van der Waals surface area (Å²) in [6, 6.07) is 8.59. The second kappa shape index (κ2) is 8.92. The van der Waals surface area contributed by atoms with Crippen molar-refractivity contribution in [3.8, 4) is 11.8 Å². The summed E-state index contributed by atoms with van der Waals surface area (Å²) in [5.74, 6) is -0.509. The number of nitrogens with zero attached hydrogens (tertiary/aromatic N) is 1. The number of carbonyl (C=O) groups excluding carboxylic acids is 2. The van der Waals surface area contributed by atoms with Crippen molar-refractivity contribution in [3.05, 3.63) is 29.8 Å². The molecule has 0 fully saturated rings. The molecule has 6 heteroatoms. The zero-order valence-corrected chi connectivity index (χ0v) is 14.6. The molecule has 0 radical (unpaired) electrons. The summed E-state index contributed by atoms with van der Waals surface area (Å²) in [6.07, 6.45) is 0.900. The van der Waals surface area contributed by atoms with Gasteiger partial charge in [-0.05, 0) is 43.5 Å². The second-order valence-corrected chi connectivity index (χ2v) is 5.97. The Morgan fingerprint density at radius 3 is 2.42 bits per heavy atom. The van der Waals surface area contributed by atoms with Crippen LogP contribution in [0.2, 0.25) is 0 Å². The minimum Gasteiger partial charge on any atom is -0.494 e. The Balaban J connectivity index is 2.54. The third kappa shape index (κ3) is 5.58. The molecule has 130 valence electrons. The molecule has 1 N–H and O–H groups in total. The van der Waals surface area contributed by atoms with Crippen LogP contribution in [0.3, 0.4) is 0 Å². The van der Waals surface area contributed by atoms with Gasteiger partial charge in [0.1, 0.15) is 11.3 Å². The van der Waals surface area contributed by atoms with Crippen LogP contribution in [0, 0.1) is 17.2 Å². The maximum absolute atomic E-state index is 11.9. The summed E-state index contributed by atoms with van der Waals surface area (Å²) in [7, 11) is 0. The standard InChI is InChI=1S/C18H24N2O4/c1-5-10-23-15-8-6-14(7-9-15)17(22)24-11-16(21)20-18(4,12-19)13(2)3/h6-9,13H,5,10-11H2,1-4H3,(H,20,21)/t18-/m0/s1. The van der Waals surface area contributed by atoms with Crippen molar-refractivity contribution in [1.29, 1.82) is 5.26 Å². The topological polar surface area (TPSA) is 88.4 Å². The summed E-state index contributed by atoms with van der Waals surface area (Å²) in [5, 5.41) is 11.7. The molecule has 0 saturated carbocycles. The smallest absolute Gasteiger partial charge is 0.338 e. The number of benzene rings is 1. The average Bonchev–Trinajstić information content (AvgIpc) is 2.58. The molecule has 0 aliphatic carbocycles. The Morgan fingerprint density at radius 2 is 1.92 bits per heavy atom. The first-order chi connectivity index (χ1) is 11.3. The first-order valence-electron chi connectivity index (χ1n) is 7.94. The van der Waals surface area contributed by atoms with Crippen LogP contribution in [-0.2, 0) is 9.53 Å². The van der Waals surface area contributed by atoms with Gasteiger partial charge in [-0.25, -0.2) is 4.79 Å². The summed E-state index contributed by atoms with van der Waals surface area (Å²) in [6.45, 7) is 7.48. The third-order valence-corrected chi connectivity index (χ3v) is 3.68. The van der Waals surface area contributed by atoms with Crippen molar-refractivity contribution in [3.63, 3.8) is 0 Å². The highest BCUT2D eigenvalue weighted by Crippen LogP contribution is 2.15. The number of rotatable bonds is 8. The SMILES string of the molecule is CCCOc1ccc(C(=O)OCC(=O)N[C@@](C)(C#N)C(C)C)cc1. The molecule has 0 heterocycles.